The molecule has 2 aromatic rings. The molecule has 0 atom stereocenters. The highest BCUT2D eigenvalue weighted by Gasteiger charge is 2.33. The molecule has 2 rings (SSSR count). The van der Waals surface area contributed by atoms with Gasteiger partial charge in [-0.3, -0.25) is 4.99 Å². The van der Waals surface area contributed by atoms with E-state index < -0.39 is 11.9 Å². The van der Waals surface area contributed by atoms with E-state index in [2.05, 4.69) is 20.6 Å². The van der Waals surface area contributed by atoms with Crippen molar-refractivity contribution in [3.05, 3.63) is 50.9 Å². The molecule has 0 bridgehead atoms. The summed E-state index contributed by atoms with van der Waals surface area (Å²) in [6.45, 7) is 1.13. The summed E-state index contributed by atoms with van der Waals surface area (Å²) in [5.74, 6) is 0.599. The zero-order valence-corrected chi connectivity index (χ0v) is 15.1. The maximum absolute atomic E-state index is 12.5. The number of benzene rings is 1. The lowest BCUT2D eigenvalue weighted by Crippen LogP contribution is -2.39. The van der Waals surface area contributed by atoms with Crippen molar-refractivity contribution in [1.82, 2.24) is 15.6 Å². The molecule has 0 fully saturated rings. The lowest BCUT2D eigenvalue weighted by Gasteiger charge is -2.11. The molecule has 0 unspecified atom stereocenters. The Morgan fingerprint density at radius 1 is 1.16 bits per heavy atom. The van der Waals surface area contributed by atoms with Gasteiger partial charge in [-0.15, -0.1) is 11.3 Å². The third-order valence-electron chi connectivity index (χ3n) is 3.32. The van der Waals surface area contributed by atoms with E-state index >= 15 is 0 Å². The molecule has 1 aromatic heterocycles. The number of nitrogens with zero attached hydrogens (tertiary/aromatic N) is 2. The number of hydrogen-bond acceptors (Lipinski definition) is 3. The van der Waals surface area contributed by atoms with E-state index in [0.29, 0.717) is 35.5 Å². The van der Waals surface area contributed by atoms with Crippen LogP contribution in [-0.2, 0) is 19.0 Å². The van der Waals surface area contributed by atoms with Crippen LogP contribution in [0.3, 0.4) is 0 Å². The summed E-state index contributed by atoms with van der Waals surface area (Å²) in [7, 11) is 1.64. The summed E-state index contributed by atoms with van der Waals surface area (Å²) in [4.78, 5) is 7.68. The quantitative estimate of drug-likeness (QED) is 0.583. The number of aliphatic imine (C=N–C) groups is 1. The Balaban J connectivity index is 1.71. The molecule has 9 heteroatoms. The molecule has 0 aliphatic rings. The van der Waals surface area contributed by atoms with Gasteiger partial charge in [0.15, 0.2) is 11.7 Å². The summed E-state index contributed by atoms with van der Waals surface area (Å²) in [5.41, 5.74) is 0.313. The Hall–Kier alpha value is -1.80. The first kappa shape index (κ1) is 19.5. The van der Waals surface area contributed by atoms with Gasteiger partial charge in [-0.2, -0.15) is 13.2 Å². The topological polar surface area (TPSA) is 49.3 Å². The molecule has 1 aromatic carbocycles. The molecule has 0 aliphatic carbocycles. The van der Waals surface area contributed by atoms with Gasteiger partial charge in [0.1, 0.15) is 0 Å². The van der Waals surface area contributed by atoms with E-state index in [1.54, 1.807) is 7.05 Å². The van der Waals surface area contributed by atoms with E-state index in [1.807, 2.05) is 24.3 Å². The molecular weight excluding hydrogens is 373 g/mol. The Labute approximate surface area is 153 Å². The molecule has 0 saturated heterocycles. The second-order valence-electron chi connectivity index (χ2n) is 5.18. The lowest BCUT2D eigenvalue weighted by atomic mass is 10.1. The normalized spacial score (nSPS) is 12.3. The highest BCUT2D eigenvalue weighted by molar-refractivity contribution is 7.09. The van der Waals surface area contributed by atoms with Crippen LogP contribution in [0.25, 0.3) is 0 Å². The number of thiazole rings is 1. The standard InChI is InChI=1S/C16H18ClF3N4S/c1-21-15(22-8-6-11-2-4-12(17)5-3-11)23-9-7-14-24-13(10-25-14)16(18,19)20/h2-5,10H,6-9H2,1H3,(H2,21,22,23). The number of guanidine groups is 1. The summed E-state index contributed by atoms with van der Waals surface area (Å²) in [5, 5.41) is 8.40. The van der Waals surface area contributed by atoms with E-state index in [9.17, 15) is 13.2 Å². The SMILES string of the molecule is CN=C(NCCc1ccc(Cl)cc1)NCCc1nc(C(F)(F)F)cs1. The first-order chi connectivity index (χ1) is 11.9. The zero-order valence-electron chi connectivity index (χ0n) is 13.5. The van der Waals surface area contributed by atoms with Crippen molar-refractivity contribution in [3.8, 4) is 0 Å². The third-order valence-corrected chi connectivity index (χ3v) is 4.48. The number of rotatable bonds is 6. The Morgan fingerprint density at radius 2 is 1.80 bits per heavy atom. The van der Waals surface area contributed by atoms with Crippen molar-refractivity contribution in [2.24, 2.45) is 4.99 Å². The first-order valence-corrected chi connectivity index (χ1v) is 8.85. The number of halogens is 4. The summed E-state index contributed by atoms with van der Waals surface area (Å²) in [6, 6.07) is 7.60. The highest BCUT2D eigenvalue weighted by Crippen LogP contribution is 2.29. The van der Waals surface area contributed by atoms with Gasteiger partial charge in [-0.25, -0.2) is 4.98 Å². The number of nitrogens with one attached hydrogen (secondary N) is 2. The molecule has 2 N–H and O–H groups in total. The Bertz CT molecular complexity index is 698. The van der Waals surface area contributed by atoms with Gasteiger partial charge in [0.2, 0.25) is 0 Å². The maximum atomic E-state index is 12.5. The fourth-order valence-electron chi connectivity index (χ4n) is 2.04. The van der Waals surface area contributed by atoms with Gasteiger partial charge < -0.3 is 10.6 Å². The van der Waals surface area contributed by atoms with Crippen molar-refractivity contribution in [3.63, 3.8) is 0 Å². The van der Waals surface area contributed by atoms with Gasteiger partial charge in [-0.1, -0.05) is 23.7 Å². The van der Waals surface area contributed by atoms with Crippen LogP contribution in [0.2, 0.25) is 5.02 Å². The van der Waals surface area contributed by atoms with Gasteiger partial charge in [0.25, 0.3) is 0 Å². The summed E-state index contributed by atoms with van der Waals surface area (Å²) >= 11 is 6.85. The predicted molar refractivity (Wildman–Crippen MR) is 95.3 cm³/mol. The van der Waals surface area contributed by atoms with Crippen LogP contribution in [0.1, 0.15) is 16.3 Å². The molecule has 1 heterocycles. The van der Waals surface area contributed by atoms with Crippen molar-refractivity contribution < 1.29 is 13.2 Å². The van der Waals surface area contributed by atoms with E-state index in [1.165, 1.54) is 0 Å². The molecule has 0 amide bonds. The van der Waals surface area contributed by atoms with Crippen LogP contribution >= 0.6 is 22.9 Å². The fourth-order valence-corrected chi connectivity index (χ4v) is 2.97. The van der Waals surface area contributed by atoms with Gasteiger partial charge in [0.05, 0.1) is 5.01 Å². The minimum Gasteiger partial charge on any atom is -0.356 e. The Kier molecular flexibility index (Phi) is 7.07. The highest BCUT2D eigenvalue weighted by atomic mass is 35.5. The van der Waals surface area contributed by atoms with Crippen molar-refractivity contribution >= 4 is 28.9 Å². The smallest absolute Gasteiger partial charge is 0.356 e. The number of alkyl halides is 3. The largest absolute Gasteiger partial charge is 0.434 e. The van der Waals surface area contributed by atoms with Crippen LogP contribution in [0, 0.1) is 0 Å². The molecule has 0 saturated carbocycles. The Morgan fingerprint density at radius 3 is 2.36 bits per heavy atom. The first-order valence-electron chi connectivity index (χ1n) is 7.59. The van der Waals surface area contributed by atoms with E-state index in [0.717, 1.165) is 28.7 Å². The summed E-state index contributed by atoms with van der Waals surface area (Å²) in [6.07, 6.45) is -3.18. The van der Waals surface area contributed by atoms with Gasteiger partial charge >= 0.3 is 6.18 Å². The van der Waals surface area contributed by atoms with Crippen LogP contribution < -0.4 is 10.6 Å². The molecule has 0 spiro atoms. The number of hydrogen-bond donors (Lipinski definition) is 2. The molecular formula is C16H18ClF3N4S. The summed E-state index contributed by atoms with van der Waals surface area (Å²) < 4.78 is 37.5. The molecule has 4 nitrogen and oxygen atoms in total. The second-order valence-corrected chi connectivity index (χ2v) is 6.56. The van der Waals surface area contributed by atoms with Crippen molar-refractivity contribution in [1.29, 1.82) is 0 Å². The minimum atomic E-state index is -4.39. The van der Waals surface area contributed by atoms with Crippen molar-refractivity contribution in [2.75, 3.05) is 20.1 Å². The lowest BCUT2D eigenvalue weighted by molar-refractivity contribution is -0.140. The average Bonchev–Trinajstić information content (AvgIpc) is 3.04. The maximum Gasteiger partial charge on any atom is 0.434 e. The van der Waals surface area contributed by atoms with Gasteiger partial charge in [0, 0.05) is 37.0 Å². The van der Waals surface area contributed by atoms with Gasteiger partial charge in [-0.05, 0) is 24.1 Å². The molecule has 0 radical (unpaired) electrons. The van der Waals surface area contributed by atoms with Crippen LogP contribution in [0.4, 0.5) is 13.2 Å². The predicted octanol–water partition coefficient (Wildman–Crippen LogP) is 3.77. The van der Waals surface area contributed by atoms with Crippen molar-refractivity contribution in [2.45, 2.75) is 19.0 Å². The average molecular weight is 391 g/mol. The van der Waals surface area contributed by atoms with Crippen LogP contribution in [0.5, 0.6) is 0 Å². The molecule has 0 aliphatic heterocycles. The van der Waals surface area contributed by atoms with Crippen LogP contribution in [0.15, 0.2) is 34.6 Å². The number of aromatic nitrogens is 1. The van der Waals surface area contributed by atoms with Crippen LogP contribution in [-0.4, -0.2) is 31.1 Å². The monoisotopic (exact) mass is 390 g/mol. The zero-order chi connectivity index (χ0) is 18.3. The van der Waals surface area contributed by atoms with E-state index in [4.69, 9.17) is 11.6 Å². The minimum absolute atomic E-state index is 0.401. The molecule has 136 valence electrons. The fraction of sp³-hybridized carbons (Fsp3) is 0.375. The molecule has 25 heavy (non-hydrogen) atoms. The third kappa shape index (κ3) is 6.55. The van der Waals surface area contributed by atoms with E-state index in [-0.39, 0.29) is 0 Å². The second kappa shape index (κ2) is 9.05.